The summed E-state index contributed by atoms with van der Waals surface area (Å²) < 4.78 is 34.2. The van der Waals surface area contributed by atoms with Crippen molar-refractivity contribution in [3.63, 3.8) is 0 Å². The molecule has 0 spiro atoms. The molecule has 0 radical (unpaired) electrons. The standard InChI is InChI=1S/C50H80NO8P/c1-6-8-10-12-14-16-18-20-21-22-23-24-25-26-27-28-29-31-32-34-36-38-40-42-49(52)56-46-48(47-58-60(54,55)57-45-44-51(3,4)5)59-50(53)43-41-39-37-35-33-30-19-17-15-13-11-9-7-2/h8-11,13-17,19-21,23-24,26-27,29-31,33,48H,6-7,12,18,22,25,28,32,34-47H2,1-5H3/p+1/b10-8+,11-9+,15-13+,16-14+,19-17+,21-20+,24-23+,27-26+,31-29+,33-30+. The van der Waals surface area contributed by atoms with Gasteiger partial charge in [0.1, 0.15) is 19.8 Å². The molecule has 0 amide bonds. The number of unbranched alkanes of at least 4 members (excludes halogenated alkanes) is 7. The fourth-order valence-electron chi connectivity index (χ4n) is 5.14. The van der Waals surface area contributed by atoms with Gasteiger partial charge in [0.2, 0.25) is 0 Å². The van der Waals surface area contributed by atoms with Crippen LogP contribution in [0, 0.1) is 0 Å². The Kier molecular flexibility index (Phi) is 38.4. The Morgan fingerprint density at radius 3 is 1.53 bits per heavy atom. The number of carbonyl (C=O) groups excluding carboxylic acids is 2. The molecule has 0 heterocycles. The monoisotopic (exact) mass is 855 g/mol. The van der Waals surface area contributed by atoms with Crippen LogP contribution in [-0.4, -0.2) is 74.9 Å². The van der Waals surface area contributed by atoms with Crippen LogP contribution in [0.15, 0.2) is 122 Å². The fourth-order valence-corrected chi connectivity index (χ4v) is 5.88. The number of likely N-dealkylation sites (N-methyl/N-ethyl adjacent to an activating group) is 1. The quantitative estimate of drug-likeness (QED) is 0.0163. The number of carbonyl (C=O) groups is 2. The smallest absolute Gasteiger partial charge is 0.462 e. The van der Waals surface area contributed by atoms with E-state index < -0.39 is 32.5 Å². The third kappa shape index (κ3) is 44.0. The number of esters is 2. The summed E-state index contributed by atoms with van der Waals surface area (Å²) >= 11 is 0. The number of quaternary nitrogens is 1. The zero-order valence-electron chi connectivity index (χ0n) is 37.9. The van der Waals surface area contributed by atoms with E-state index in [9.17, 15) is 19.0 Å². The van der Waals surface area contributed by atoms with Crippen molar-refractivity contribution in [1.82, 2.24) is 0 Å². The molecule has 1 N–H and O–H groups in total. The average molecular weight is 855 g/mol. The maximum Gasteiger partial charge on any atom is 0.472 e. The van der Waals surface area contributed by atoms with Crippen molar-refractivity contribution >= 4 is 19.8 Å². The van der Waals surface area contributed by atoms with Gasteiger partial charge in [-0.15, -0.1) is 0 Å². The highest BCUT2D eigenvalue weighted by molar-refractivity contribution is 7.47. The number of nitrogens with zero attached hydrogens (tertiary/aromatic N) is 1. The van der Waals surface area contributed by atoms with Gasteiger partial charge >= 0.3 is 19.8 Å². The van der Waals surface area contributed by atoms with E-state index >= 15 is 0 Å². The van der Waals surface area contributed by atoms with Crippen molar-refractivity contribution < 1.29 is 42.1 Å². The Balaban J connectivity index is 4.43. The third-order valence-corrected chi connectivity index (χ3v) is 9.57. The lowest BCUT2D eigenvalue weighted by atomic mass is 10.1. The normalized spacial score (nSPS) is 14.7. The molecule has 0 aromatic heterocycles. The molecule has 60 heavy (non-hydrogen) atoms. The molecule has 2 unspecified atom stereocenters. The lowest BCUT2D eigenvalue weighted by molar-refractivity contribution is -0.870. The van der Waals surface area contributed by atoms with Crippen LogP contribution in [0.2, 0.25) is 0 Å². The van der Waals surface area contributed by atoms with Crippen LogP contribution >= 0.6 is 7.82 Å². The van der Waals surface area contributed by atoms with Gasteiger partial charge in [-0.1, -0.05) is 155 Å². The first-order valence-corrected chi connectivity index (χ1v) is 23.8. The van der Waals surface area contributed by atoms with Crippen molar-refractivity contribution in [2.75, 3.05) is 47.5 Å². The second kappa shape index (κ2) is 40.8. The van der Waals surface area contributed by atoms with E-state index in [2.05, 4.69) is 98.9 Å². The van der Waals surface area contributed by atoms with E-state index in [0.717, 1.165) is 89.9 Å². The first kappa shape index (κ1) is 56.4. The predicted octanol–water partition coefficient (Wildman–Crippen LogP) is 12.9. The number of phosphoric ester groups is 1. The minimum absolute atomic E-state index is 0.0112. The topological polar surface area (TPSA) is 108 Å². The van der Waals surface area contributed by atoms with Crippen molar-refractivity contribution in [1.29, 1.82) is 0 Å². The van der Waals surface area contributed by atoms with Gasteiger partial charge in [0, 0.05) is 12.8 Å². The van der Waals surface area contributed by atoms with Crippen molar-refractivity contribution in [2.45, 2.75) is 136 Å². The van der Waals surface area contributed by atoms with Crippen molar-refractivity contribution in [3.05, 3.63) is 122 Å². The second-order valence-corrected chi connectivity index (χ2v) is 16.9. The van der Waals surface area contributed by atoms with Gasteiger partial charge in [-0.2, -0.15) is 0 Å². The number of allylic oxidation sites excluding steroid dienone is 20. The first-order chi connectivity index (χ1) is 29.0. The highest BCUT2D eigenvalue weighted by Gasteiger charge is 2.27. The van der Waals surface area contributed by atoms with Gasteiger partial charge in [-0.05, 0) is 83.5 Å². The van der Waals surface area contributed by atoms with E-state index in [0.29, 0.717) is 23.9 Å². The Morgan fingerprint density at radius 2 is 0.983 bits per heavy atom. The van der Waals surface area contributed by atoms with Crippen LogP contribution in [0.25, 0.3) is 0 Å². The predicted molar refractivity (Wildman–Crippen MR) is 251 cm³/mol. The summed E-state index contributed by atoms with van der Waals surface area (Å²) in [4.78, 5) is 35.4. The van der Waals surface area contributed by atoms with Gasteiger partial charge in [-0.3, -0.25) is 18.6 Å². The lowest BCUT2D eigenvalue weighted by Crippen LogP contribution is -2.37. The molecule has 0 aliphatic carbocycles. The molecule has 9 nitrogen and oxygen atoms in total. The van der Waals surface area contributed by atoms with Crippen LogP contribution in [0.1, 0.15) is 129 Å². The molecule has 0 aromatic rings. The molecule has 2 atom stereocenters. The SMILES string of the molecule is CC/C=C/C=C/C=C/C=C/CCCCCC(=O)OC(COC(=O)CCCCCC/C=C/C/C=C/C/C=C/C/C=C/C/C=C/C/C=C/CC)COP(=O)(O)OCC[N+](C)(C)C. The Hall–Kier alpha value is -3.59. The van der Waals surface area contributed by atoms with E-state index in [4.69, 9.17) is 18.5 Å². The summed E-state index contributed by atoms with van der Waals surface area (Å²) in [5.41, 5.74) is 0. The molecule has 0 aromatic carbocycles. The molecule has 338 valence electrons. The molecule has 0 aliphatic heterocycles. The number of hydrogen-bond acceptors (Lipinski definition) is 7. The third-order valence-electron chi connectivity index (χ3n) is 8.58. The summed E-state index contributed by atoms with van der Waals surface area (Å²) in [6.07, 6.45) is 56.8. The zero-order valence-corrected chi connectivity index (χ0v) is 38.8. The summed E-state index contributed by atoms with van der Waals surface area (Å²) in [6.45, 7) is 4.04. The van der Waals surface area contributed by atoms with Crippen LogP contribution in [0.4, 0.5) is 0 Å². The summed E-state index contributed by atoms with van der Waals surface area (Å²) in [5, 5.41) is 0. The average Bonchev–Trinajstić information content (AvgIpc) is 3.20. The molecule has 0 saturated heterocycles. The van der Waals surface area contributed by atoms with E-state index in [1.807, 2.05) is 57.6 Å². The van der Waals surface area contributed by atoms with Crippen LogP contribution in [0.5, 0.6) is 0 Å². The van der Waals surface area contributed by atoms with Gasteiger partial charge < -0.3 is 18.9 Å². The molecular formula is C50H81NO8P+. The maximum absolute atomic E-state index is 12.7. The number of ether oxygens (including phenoxy) is 2. The van der Waals surface area contributed by atoms with Gasteiger partial charge in [0.25, 0.3) is 0 Å². The highest BCUT2D eigenvalue weighted by atomic mass is 31.2. The van der Waals surface area contributed by atoms with Crippen LogP contribution < -0.4 is 0 Å². The van der Waals surface area contributed by atoms with Crippen molar-refractivity contribution in [3.8, 4) is 0 Å². The largest absolute Gasteiger partial charge is 0.472 e. The van der Waals surface area contributed by atoms with E-state index in [1.54, 1.807) is 0 Å². The first-order valence-electron chi connectivity index (χ1n) is 22.3. The van der Waals surface area contributed by atoms with Gasteiger partial charge in [0.05, 0.1) is 27.7 Å². The minimum atomic E-state index is -4.40. The molecule has 0 aliphatic rings. The Bertz CT molecular complexity index is 1430. The van der Waals surface area contributed by atoms with Gasteiger partial charge in [0.15, 0.2) is 6.10 Å². The van der Waals surface area contributed by atoms with E-state index in [1.165, 1.54) is 0 Å². The fraction of sp³-hybridized carbons (Fsp3) is 0.560. The Morgan fingerprint density at radius 1 is 0.533 bits per heavy atom. The number of rotatable bonds is 38. The van der Waals surface area contributed by atoms with E-state index in [-0.39, 0.29) is 26.1 Å². The molecule has 0 fully saturated rings. The minimum Gasteiger partial charge on any atom is -0.462 e. The maximum atomic E-state index is 12.7. The van der Waals surface area contributed by atoms with Gasteiger partial charge in [-0.25, -0.2) is 4.57 Å². The molecule has 10 heteroatoms. The lowest BCUT2D eigenvalue weighted by Gasteiger charge is -2.24. The van der Waals surface area contributed by atoms with Crippen LogP contribution in [-0.2, 0) is 32.7 Å². The van der Waals surface area contributed by atoms with Crippen LogP contribution in [0.3, 0.4) is 0 Å². The molecule has 0 bridgehead atoms. The number of hydrogen-bond donors (Lipinski definition) is 1. The zero-order chi connectivity index (χ0) is 44.3. The molecular weight excluding hydrogens is 774 g/mol. The van der Waals surface area contributed by atoms with Crippen molar-refractivity contribution in [2.24, 2.45) is 0 Å². The summed E-state index contributed by atoms with van der Waals surface area (Å²) in [6, 6.07) is 0. The summed E-state index contributed by atoms with van der Waals surface area (Å²) in [5.74, 6) is -0.890. The number of phosphoric acid groups is 1. The summed E-state index contributed by atoms with van der Waals surface area (Å²) in [7, 11) is 1.41. The Labute approximate surface area is 365 Å². The highest BCUT2D eigenvalue weighted by Crippen LogP contribution is 2.43. The second-order valence-electron chi connectivity index (χ2n) is 15.4. The molecule has 0 rings (SSSR count). The molecule has 0 saturated carbocycles.